The van der Waals surface area contributed by atoms with Gasteiger partial charge in [0, 0.05) is 95.7 Å². The van der Waals surface area contributed by atoms with E-state index in [1.807, 2.05) is 22.7 Å². The molecule has 0 aliphatic heterocycles. The number of hydrogen-bond acceptors (Lipinski definition) is 6. The van der Waals surface area contributed by atoms with Crippen LogP contribution < -0.4 is 9.80 Å². The topological polar surface area (TPSA) is 32.8 Å². The summed E-state index contributed by atoms with van der Waals surface area (Å²) in [6, 6.07) is 124. The van der Waals surface area contributed by atoms with Crippen molar-refractivity contribution in [3.8, 4) is 44.5 Å². The molecule has 0 amide bonds. The lowest BCUT2D eigenvalue weighted by molar-refractivity contribution is 0.673. The number of rotatable bonds is 10. The summed E-state index contributed by atoms with van der Waals surface area (Å²) >= 11 is 3.65. The number of nitrogens with zero attached hydrogens (tertiary/aromatic N) is 2. The Hall–Kier alpha value is -12.6. The third kappa shape index (κ3) is 8.98. The van der Waals surface area contributed by atoms with Crippen LogP contribution in [-0.4, -0.2) is 0 Å². The van der Waals surface area contributed by atoms with Crippen molar-refractivity contribution in [1.29, 1.82) is 0 Å². The standard InChI is InChI=1S/C94H56N2O2S2/c1-3-16-60(17-4-1)81-54-65(35-43-72(81)62-33-39-67(40-34-62)95(66-22-5-2-6-23-66)69-41-44-77-87(55-69)99-85-51-47-79-89-74-25-12-10-19-61(74)36-49-83(89)97-93(79)91(77)85)71-26-14-27-76-75(71)46-50-84-90(76)80-48-52-86-92(94(80)98-84)78-45-42-70(56-88(78)100-86)96(82-28-13-21-59-18-9-11-24-73(59)82)68-37-31-58(32-38-68)64-30-29-57-15-7-8-20-63(57)53-64/h1-56H. The fourth-order valence-corrected chi connectivity index (χ4v) is 18.2. The predicted molar refractivity (Wildman–Crippen MR) is 428 cm³/mol. The van der Waals surface area contributed by atoms with E-state index in [9.17, 15) is 0 Å². The minimum atomic E-state index is 0.881. The molecule has 4 nitrogen and oxygen atoms in total. The van der Waals surface area contributed by atoms with E-state index in [-0.39, 0.29) is 0 Å². The van der Waals surface area contributed by atoms with Crippen LogP contribution >= 0.6 is 22.7 Å². The number of benzene rings is 17. The summed E-state index contributed by atoms with van der Waals surface area (Å²) in [5, 5.41) is 18.9. The van der Waals surface area contributed by atoms with Gasteiger partial charge in [0.25, 0.3) is 0 Å². The molecule has 0 unspecified atom stereocenters. The van der Waals surface area contributed by atoms with Gasteiger partial charge in [0.1, 0.15) is 22.3 Å². The summed E-state index contributed by atoms with van der Waals surface area (Å²) in [6.45, 7) is 0. The van der Waals surface area contributed by atoms with Crippen molar-refractivity contribution in [2.24, 2.45) is 0 Å². The van der Waals surface area contributed by atoms with Crippen LogP contribution in [0.4, 0.5) is 34.1 Å². The Kier molecular flexibility index (Phi) is 12.7. The Morgan fingerprint density at radius 2 is 0.690 bits per heavy atom. The van der Waals surface area contributed by atoms with Gasteiger partial charge in [-0.25, -0.2) is 0 Å². The number of furan rings is 2. The van der Waals surface area contributed by atoms with Crippen LogP contribution in [0.25, 0.3) is 172 Å². The molecule has 4 heterocycles. The predicted octanol–water partition coefficient (Wildman–Crippen LogP) is 28.4. The number of para-hydroxylation sites is 1. The molecule has 0 saturated heterocycles. The number of anilines is 6. The van der Waals surface area contributed by atoms with E-state index < -0.39 is 0 Å². The highest BCUT2D eigenvalue weighted by Crippen LogP contribution is 2.50. The van der Waals surface area contributed by atoms with E-state index in [4.69, 9.17) is 8.83 Å². The fourth-order valence-electron chi connectivity index (χ4n) is 16.0. The zero-order valence-electron chi connectivity index (χ0n) is 53.9. The minimum absolute atomic E-state index is 0.881. The normalized spacial score (nSPS) is 12.0. The average molecular weight is 1310 g/mol. The van der Waals surface area contributed by atoms with Crippen LogP contribution in [0.3, 0.4) is 0 Å². The fraction of sp³-hybridized carbons (Fsp3) is 0. The molecule has 0 spiro atoms. The Morgan fingerprint density at radius 1 is 0.210 bits per heavy atom. The molecule has 0 fully saturated rings. The van der Waals surface area contributed by atoms with Crippen molar-refractivity contribution in [2.45, 2.75) is 0 Å². The second-order valence-corrected chi connectivity index (χ2v) is 28.4. The second-order valence-electron chi connectivity index (χ2n) is 26.2. The van der Waals surface area contributed by atoms with Gasteiger partial charge in [0.15, 0.2) is 0 Å². The van der Waals surface area contributed by atoms with Crippen molar-refractivity contribution in [3.63, 3.8) is 0 Å². The van der Waals surface area contributed by atoms with Crippen LogP contribution in [-0.2, 0) is 0 Å². The Bertz CT molecular complexity index is 6900. The average Bonchev–Trinajstić information content (AvgIpc) is 1.56. The van der Waals surface area contributed by atoms with Crippen LogP contribution in [0.2, 0.25) is 0 Å². The van der Waals surface area contributed by atoms with Gasteiger partial charge >= 0.3 is 0 Å². The summed E-state index contributed by atoms with van der Waals surface area (Å²) in [7, 11) is 0. The monoisotopic (exact) mass is 1310 g/mol. The van der Waals surface area contributed by atoms with Gasteiger partial charge in [-0.2, -0.15) is 0 Å². The summed E-state index contributed by atoms with van der Waals surface area (Å²) in [4.78, 5) is 4.79. The van der Waals surface area contributed by atoms with Crippen LogP contribution in [0.15, 0.2) is 349 Å². The quantitative estimate of drug-likeness (QED) is 0.137. The first-order valence-corrected chi connectivity index (χ1v) is 35.6. The Morgan fingerprint density at radius 3 is 1.40 bits per heavy atom. The van der Waals surface area contributed by atoms with Gasteiger partial charge < -0.3 is 18.6 Å². The highest BCUT2D eigenvalue weighted by Gasteiger charge is 2.24. The maximum Gasteiger partial charge on any atom is 0.144 e. The molecule has 0 atom stereocenters. The maximum atomic E-state index is 7.09. The largest absolute Gasteiger partial charge is 0.455 e. The molecule has 0 saturated carbocycles. The highest BCUT2D eigenvalue weighted by atomic mass is 32.1. The molecule has 100 heavy (non-hydrogen) atoms. The van der Waals surface area contributed by atoms with E-state index in [1.165, 1.54) is 111 Å². The van der Waals surface area contributed by atoms with Gasteiger partial charge in [0.05, 0.1) is 5.69 Å². The molecule has 0 bridgehead atoms. The van der Waals surface area contributed by atoms with Gasteiger partial charge in [-0.1, -0.05) is 224 Å². The van der Waals surface area contributed by atoms with Gasteiger partial charge in [-0.05, 0) is 197 Å². The Balaban J connectivity index is 0.632. The first-order valence-electron chi connectivity index (χ1n) is 34.0. The lowest BCUT2D eigenvalue weighted by atomic mass is 9.89. The van der Waals surface area contributed by atoms with Crippen LogP contribution in [0.5, 0.6) is 0 Å². The zero-order valence-corrected chi connectivity index (χ0v) is 55.5. The third-order valence-electron chi connectivity index (χ3n) is 20.6. The van der Waals surface area contributed by atoms with E-state index in [1.54, 1.807) is 0 Å². The summed E-state index contributed by atoms with van der Waals surface area (Å²) < 4.78 is 18.7. The summed E-state index contributed by atoms with van der Waals surface area (Å²) in [5.74, 6) is 0. The molecule has 17 aromatic carbocycles. The smallest absolute Gasteiger partial charge is 0.144 e. The molecule has 0 radical (unpaired) electrons. The van der Waals surface area contributed by atoms with Crippen molar-refractivity contribution in [3.05, 3.63) is 340 Å². The molecular weight excluding hydrogens is 1250 g/mol. The van der Waals surface area contributed by atoms with E-state index in [0.29, 0.717) is 0 Å². The van der Waals surface area contributed by atoms with E-state index in [2.05, 4.69) is 350 Å². The molecule has 0 aliphatic rings. The molecule has 0 aliphatic carbocycles. The highest BCUT2D eigenvalue weighted by molar-refractivity contribution is 7.26. The summed E-state index contributed by atoms with van der Waals surface area (Å²) in [5.41, 5.74) is 19.6. The molecule has 0 N–H and O–H groups in total. The number of thiophene rings is 2. The van der Waals surface area contributed by atoms with E-state index >= 15 is 0 Å². The van der Waals surface area contributed by atoms with Crippen LogP contribution in [0.1, 0.15) is 0 Å². The lowest BCUT2D eigenvalue weighted by Crippen LogP contribution is -2.10. The lowest BCUT2D eigenvalue weighted by Gasteiger charge is -2.27. The van der Waals surface area contributed by atoms with Crippen molar-refractivity contribution in [2.75, 3.05) is 9.80 Å². The van der Waals surface area contributed by atoms with Gasteiger partial charge in [-0.3, -0.25) is 0 Å². The van der Waals surface area contributed by atoms with Gasteiger partial charge in [-0.15, -0.1) is 22.7 Å². The van der Waals surface area contributed by atoms with Crippen molar-refractivity contribution < 1.29 is 8.83 Å². The second kappa shape index (κ2) is 22.5. The summed E-state index contributed by atoms with van der Waals surface area (Å²) in [6.07, 6.45) is 0. The molecule has 466 valence electrons. The number of fused-ring (bicyclic) bond motifs is 20. The molecule has 21 aromatic rings. The van der Waals surface area contributed by atoms with Crippen molar-refractivity contribution >= 4 is 184 Å². The Labute approximate surface area is 582 Å². The number of hydrogen-bond donors (Lipinski definition) is 0. The first kappa shape index (κ1) is 56.6. The molecule has 6 heteroatoms. The zero-order chi connectivity index (χ0) is 65.5. The molecular formula is C94H56N2O2S2. The third-order valence-corrected chi connectivity index (χ3v) is 22.9. The SMILES string of the molecule is c1ccc(-c2cc(-c3cccc4c3ccc3oc5c(ccc6sc7cc(N(c8ccc(-c9ccc%10ccccc%10c9)cc8)c8cccc9ccccc89)ccc7c65)c34)ccc2-c2ccc(N(c3ccccc3)c3ccc4c(c3)sc3ccc5c(oc6ccc7ccccc7c65)c34)cc2)cc1. The molecule has 4 aromatic heterocycles. The minimum Gasteiger partial charge on any atom is -0.455 e. The maximum absolute atomic E-state index is 7.09. The van der Waals surface area contributed by atoms with Crippen LogP contribution in [0, 0.1) is 0 Å². The molecule has 21 rings (SSSR count). The van der Waals surface area contributed by atoms with E-state index in [0.717, 1.165) is 94.7 Å². The van der Waals surface area contributed by atoms with Crippen molar-refractivity contribution in [1.82, 2.24) is 0 Å². The first-order chi connectivity index (χ1) is 49.5. The van der Waals surface area contributed by atoms with Gasteiger partial charge in [0.2, 0.25) is 0 Å².